The molecule has 2 unspecified atom stereocenters. The van der Waals surface area contributed by atoms with E-state index in [2.05, 4.69) is 17.4 Å². The number of phenolic OH excluding ortho intramolecular Hbond substituents is 2. The monoisotopic (exact) mass is 373 g/mol. The Morgan fingerprint density at radius 1 is 0.821 bits per heavy atom. The van der Waals surface area contributed by atoms with Gasteiger partial charge in [-0.15, -0.1) is 0 Å². The van der Waals surface area contributed by atoms with Gasteiger partial charge in [0.1, 0.15) is 11.5 Å². The lowest BCUT2D eigenvalue weighted by Crippen LogP contribution is -2.34. The zero-order chi connectivity index (χ0) is 19.1. The van der Waals surface area contributed by atoms with Crippen molar-refractivity contribution in [3.63, 3.8) is 0 Å². The molecule has 0 bridgehead atoms. The SMILES string of the molecule is Oc1cc2c(cc1O)C(C1CC1)NC(c1ccc(Oc3ccccc3)cc1)C2. The van der Waals surface area contributed by atoms with Crippen LogP contribution in [0, 0.1) is 5.92 Å². The molecule has 1 saturated carbocycles. The minimum absolute atomic E-state index is 0.0351. The average molecular weight is 373 g/mol. The molecular formula is C24H23NO3. The third-order valence-corrected chi connectivity index (χ3v) is 5.73. The maximum atomic E-state index is 9.96. The van der Waals surface area contributed by atoms with Crippen molar-refractivity contribution >= 4 is 0 Å². The van der Waals surface area contributed by atoms with Crippen molar-refractivity contribution in [2.24, 2.45) is 5.92 Å². The third-order valence-electron chi connectivity index (χ3n) is 5.73. The summed E-state index contributed by atoms with van der Waals surface area (Å²) in [4.78, 5) is 0. The van der Waals surface area contributed by atoms with Crippen LogP contribution in [0.1, 0.15) is 41.6 Å². The van der Waals surface area contributed by atoms with E-state index in [9.17, 15) is 10.2 Å². The number of ether oxygens (including phenoxy) is 1. The fourth-order valence-corrected chi connectivity index (χ4v) is 4.11. The van der Waals surface area contributed by atoms with Crippen molar-refractivity contribution in [2.45, 2.75) is 31.3 Å². The van der Waals surface area contributed by atoms with E-state index < -0.39 is 0 Å². The van der Waals surface area contributed by atoms with Gasteiger partial charge in [0.25, 0.3) is 0 Å². The molecule has 1 heterocycles. The van der Waals surface area contributed by atoms with Gasteiger partial charge in [0, 0.05) is 12.1 Å². The van der Waals surface area contributed by atoms with Crippen molar-refractivity contribution in [1.82, 2.24) is 5.32 Å². The van der Waals surface area contributed by atoms with E-state index in [0.29, 0.717) is 5.92 Å². The molecule has 1 fully saturated rings. The molecule has 0 radical (unpaired) electrons. The van der Waals surface area contributed by atoms with Crippen molar-refractivity contribution in [3.05, 3.63) is 83.4 Å². The number of benzene rings is 3. The lowest BCUT2D eigenvalue weighted by molar-refractivity contribution is 0.367. The van der Waals surface area contributed by atoms with Gasteiger partial charge in [-0.25, -0.2) is 0 Å². The average Bonchev–Trinajstić information content (AvgIpc) is 3.55. The van der Waals surface area contributed by atoms with E-state index in [1.54, 1.807) is 12.1 Å². The van der Waals surface area contributed by atoms with Crippen LogP contribution in [0.25, 0.3) is 0 Å². The van der Waals surface area contributed by atoms with Crippen molar-refractivity contribution in [1.29, 1.82) is 0 Å². The highest BCUT2D eigenvalue weighted by molar-refractivity contribution is 5.49. The van der Waals surface area contributed by atoms with Gasteiger partial charge in [0.2, 0.25) is 0 Å². The normalized spacial score (nSPS) is 21.1. The molecule has 4 heteroatoms. The quantitative estimate of drug-likeness (QED) is 0.548. The lowest BCUT2D eigenvalue weighted by atomic mass is 9.85. The number of hydrogen-bond acceptors (Lipinski definition) is 4. The molecule has 1 aliphatic carbocycles. The van der Waals surface area contributed by atoms with Gasteiger partial charge in [-0.3, -0.25) is 0 Å². The number of rotatable bonds is 4. The Kier molecular flexibility index (Phi) is 4.21. The molecule has 2 atom stereocenters. The highest BCUT2D eigenvalue weighted by Crippen LogP contribution is 2.48. The van der Waals surface area contributed by atoms with Gasteiger partial charge in [0.05, 0.1) is 0 Å². The summed E-state index contributed by atoms with van der Waals surface area (Å²) in [6.07, 6.45) is 3.19. The molecule has 0 aromatic heterocycles. The molecule has 2 aliphatic rings. The van der Waals surface area contributed by atoms with Gasteiger partial charge >= 0.3 is 0 Å². The topological polar surface area (TPSA) is 61.7 Å². The molecule has 3 aromatic rings. The van der Waals surface area contributed by atoms with E-state index in [0.717, 1.165) is 29.0 Å². The van der Waals surface area contributed by atoms with Crippen molar-refractivity contribution < 1.29 is 14.9 Å². The molecular weight excluding hydrogens is 350 g/mol. The predicted molar refractivity (Wildman–Crippen MR) is 108 cm³/mol. The summed E-state index contributed by atoms with van der Waals surface area (Å²) in [5.74, 6) is 2.16. The van der Waals surface area contributed by atoms with Crippen molar-refractivity contribution in [2.75, 3.05) is 0 Å². The van der Waals surface area contributed by atoms with Crippen LogP contribution >= 0.6 is 0 Å². The smallest absolute Gasteiger partial charge is 0.157 e. The van der Waals surface area contributed by atoms with Gasteiger partial charge in [-0.1, -0.05) is 30.3 Å². The second-order valence-corrected chi connectivity index (χ2v) is 7.76. The molecule has 0 saturated heterocycles. The highest BCUT2D eigenvalue weighted by Gasteiger charge is 2.38. The molecule has 4 nitrogen and oxygen atoms in total. The number of phenols is 2. The van der Waals surface area contributed by atoms with Crippen LogP contribution in [-0.4, -0.2) is 10.2 Å². The van der Waals surface area contributed by atoms with E-state index in [1.807, 2.05) is 42.5 Å². The maximum Gasteiger partial charge on any atom is 0.157 e. The van der Waals surface area contributed by atoms with E-state index in [1.165, 1.54) is 18.4 Å². The Labute approximate surface area is 164 Å². The molecule has 142 valence electrons. The third kappa shape index (κ3) is 3.32. The van der Waals surface area contributed by atoms with Crippen LogP contribution in [0.5, 0.6) is 23.0 Å². The van der Waals surface area contributed by atoms with E-state index in [-0.39, 0.29) is 23.6 Å². The summed E-state index contributed by atoms with van der Waals surface area (Å²) >= 11 is 0. The first-order valence-electron chi connectivity index (χ1n) is 9.81. The molecule has 1 aliphatic heterocycles. The molecule has 0 spiro atoms. The fourth-order valence-electron chi connectivity index (χ4n) is 4.11. The summed E-state index contributed by atoms with van der Waals surface area (Å²) in [6.45, 7) is 0. The Hall–Kier alpha value is -2.98. The van der Waals surface area contributed by atoms with Crippen LogP contribution in [0.2, 0.25) is 0 Å². The summed E-state index contributed by atoms with van der Waals surface area (Å²) in [7, 11) is 0. The molecule has 5 rings (SSSR count). The molecule has 3 aromatic carbocycles. The summed E-state index contributed by atoms with van der Waals surface area (Å²) in [5.41, 5.74) is 3.43. The van der Waals surface area contributed by atoms with E-state index >= 15 is 0 Å². The lowest BCUT2D eigenvalue weighted by Gasteiger charge is -2.34. The molecule has 28 heavy (non-hydrogen) atoms. The first kappa shape index (κ1) is 17.1. The summed E-state index contributed by atoms with van der Waals surface area (Å²) in [5, 5.41) is 23.7. The zero-order valence-corrected chi connectivity index (χ0v) is 15.5. The number of hydrogen-bond donors (Lipinski definition) is 3. The van der Waals surface area contributed by atoms with Gasteiger partial charge in [-0.2, -0.15) is 0 Å². The minimum Gasteiger partial charge on any atom is -0.504 e. The van der Waals surface area contributed by atoms with Crippen LogP contribution < -0.4 is 10.1 Å². The van der Waals surface area contributed by atoms with Crippen LogP contribution in [-0.2, 0) is 6.42 Å². The fraction of sp³-hybridized carbons (Fsp3) is 0.250. The number of para-hydroxylation sites is 1. The van der Waals surface area contributed by atoms with Crippen LogP contribution in [0.15, 0.2) is 66.7 Å². The van der Waals surface area contributed by atoms with Crippen LogP contribution in [0.4, 0.5) is 0 Å². The van der Waals surface area contributed by atoms with Gasteiger partial charge in [0.15, 0.2) is 11.5 Å². The summed E-state index contributed by atoms with van der Waals surface area (Å²) < 4.78 is 5.89. The Morgan fingerprint density at radius 2 is 1.50 bits per heavy atom. The number of nitrogens with one attached hydrogen (secondary N) is 1. The summed E-state index contributed by atoms with van der Waals surface area (Å²) in [6, 6.07) is 21.8. The minimum atomic E-state index is -0.0412. The second-order valence-electron chi connectivity index (χ2n) is 7.76. The standard InChI is InChI=1S/C24H23NO3/c26-22-13-17-12-21(25-24(16-6-7-16)20(17)14-23(22)27)15-8-10-19(11-9-15)28-18-4-2-1-3-5-18/h1-5,8-11,13-14,16,21,24-27H,6-7,12H2. The van der Waals surface area contributed by atoms with E-state index in [4.69, 9.17) is 4.74 Å². The number of aromatic hydroxyl groups is 2. The first-order valence-corrected chi connectivity index (χ1v) is 9.81. The van der Waals surface area contributed by atoms with Gasteiger partial charge in [-0.05, 0) is 78.3 Å². The number of fused-ring (bicyclic) bond motifs is 1. The Balaban J connectivity index is 1.39. The maximum absolute atomic E-state index is 9.96. The Bertz CT molecular complexity index is 981. The first-order chi connectivity index (χ1) is 13.7. The molecule has 0 amide bonds. The second kappa shape index (κ2) is 6.88. The van der Waals surface area contributed by atoms with Gasteiger partial charge < -0.3 is 20.3 Å². The molecule has 3 N–H and O–H groups in total. The highest BCUT2D eigenvalue weighted by atomic mass is 16.5. The van der Waals surface area contributed by atoms with Crippen molar-refractivity contribution in [3.8, 4) is 23.0 Å². The predicted octanol–water partition coefficient (Wildman–Crippen LogP) is 5.23. The van der Waals surface area contributed by atoms with Crippen LogP contribution in [0.3, 0.4) is 0 Å². The largest absolute Gasteiger partial charge is 0.504 e. The Morgan fingerprint density at radius 3 is 2.21 bits per heavy atom. The zero-order valence-electron chi connectivity index (χ0n) is 15.5.